The molecule has 13 heteroatoms. The molecule has 1 amide bonds. The van der Waals surface area contributed by atoms with Gasteiger partial charge in [0, 0.05) is 27.7 Å². The Hall–Kier alpha value is -3.97. The van der Waals surface area contributed by atoms with Gasteiger partial charge in [-0.1, -0.05) is 35.2 Å². The van der Waals surface area contributed by atoms with E-state index in [4.69, 9.17) is 9.72 Å². The summed E-state index contributed by atoms with van der Waals surface area (Å²) in [5.74, 6) is -0.560. The number of hydrogen-bond donors (Lipinski definition) is 1. The summed E-state index contributed by atoms with van der Waals surface area (Å²) in [7, 11) is 0. The molecule has 1 saturated carbocycles. The van der Waals surface area contributed by atoms with Crippen molar-refractivity contribution in [2.24, 2.45) is 5.10 Å². The molecule has 1 aromatic heterocycles. The lowest BCUT2D eigenvalue weighted by molar-refractivity contribution is -0.385. The van der Waals surface area contributed by atoms with Crippen molar-refractivity contribution < 1.29 is 18.8 Å². The number of aromatic nitrogens is 2. The number of carbonyl (C=O) groups is 1. The molecule has 4 aromatic rings. The average Bonchev–Trinajstić information content (AvgIpc) is 2.97. The lowest BCUT2D eigenvalue weighted by Gasteiger charge is -2.22. The van der Waals surface area contributed by atoms with Crippen molar-refractivity contribution >= 4 is 66.3 Å². The first kappa shape index (κ1) is 29.5. The molecule has 42 heavy (non-hydrogen) atoms. The standard InChI is InChI=1S/C29H24Br2FN5O5/c30-19-6-11-24-22(14-19)29(39)36(28(35-24)18-4-2-1-3-5-18)33-15-17-12-23(31)27(25(13-17)37(40)41)42-16-26(38)34-21-9-7-20(32)8-10-21/h6-15,18H,1-5,16H2,(H,34,38). The van der Waals surface area contributed by atoms with Crippen molar-refractivity contribution in [3.05, 3.63) is 101 Å². The first-order valence-corrected chi connectivity index (χ1v) is 14.7. The fourth-order valence-corrected chi connectivity index (χ4v) is 5.79. The zero-order chi connectivity index (χ0) is 29.8. The van der Waals surface area contributed by atoms with Crippen LogP contribution in [0.15, 0.2) is 73.4 Å². The highest BCUT2D eigenvalue weighted by molar-refractivity contribution is 9.10. The maximum absolute atomic E-state index is 13.6. The van der Waals surface area contributed by atoms with Crippen molar-refractivity contribution in [2.75, 3.05) is 11.9 Å². The molecular formula is C29H24Br2FN5O5. The molecule has 3 aromatic carbocycles. The molecule has 0 radical (unpaired) electrons. The third-order valence-corrected chi connectivity index (χ3v) is 7.93. The van der Waals surface area contributed by atoms with Crippen LogP contribution in [-0.2, 0) is 4.79 Å². The summed E-state index contributed by atoms with van der Waals surface area (Å²) in [6, 6.07) is 13.3. The number of fused-ring (bicyclic) bond motifs is 1. The molecule has 0 unspecified atom stereocenters. The Morgan fingerprint density at radius 3 is 2.60 bits per heavy atom. The van der Waals surface area contributed by atoms with Gasteiger partial charge in [0.2, 0.25) is 5.75 Å². The summed E-state index contributed by atoms with van der Waals surface area (Å²) in [5.41, 5.74) is 0.522. The number of nitrogens with zero attached hydrogens (tertiary/aromatic N) is 4. The molecule has 1 fully saturated rings. The van der Waals surface area contributed by atoms with Crippen LogP contribution in [0.2, 0.25) is 0 Å². The molecule has 1 aliphatic rings. The molecule has 0 saturated heterocycles. The lowest BCUT2D eigenvalue weighted by Crippen LogP contribution is -2.25. The predicted molar refractivity (Wildman–Crippen MR) is 164 cm³/mol. The summed E-state index contributed by atoms with van der Waals surface area (Å²) in [4.78, 5) is 42.0. The minimum atomic E-state index is -0.635. The van der Waals surface area contributed by atoms with E-state index < -0.39 is 28.9 Å². The van der Waals surface area contributed by atoms with E-state index in [1.54, 1.807) is 18.2 Å². The highest BCUT2D eigenvalue weighted by Gasteiger charge is 2.24. The fraction of sp³-hybridized carbons (Fsp3) is 0.241. The number of benzene rings is 3. The van der Waals surface area contributed by atoms with Crippen LogP contribution < -0.4 is 15.6 Å². The fourth-order valence-electron chi connectivity index (χ4n) is 4.85. The van der Waals surface area contributed by atoms with Gasteiger partial charge in [0.25, 0.3) is 11.5 Å². The third-order valence-electron chi connectivity index (χ3n) is 6.84. The zero-order valence-corrected chi connectivity index (χ0v) is 25.2. The van der Waals surface area contributed by atoms with Crippen LogP contribution in [0, 0.1) is 15.9 Å². The number of carbonyl (C=O) groups excluding carboxylic acids is 1. The van der Waals surface area contributed by atoms with Gasteiger partial charge in [-0.05, 0) is 77.3 Å². The lowest BCUT2D eigenvalue weighted by atomic mass is 9.88. The summed E-state index contributed by atoms with van der Waals surface area (Å²) in [6.07, 6.45) is 6.34. The highest BCUT2D eigenvalue weighted by Crippen LogP contribution is 2.36. The topological polar surface area (TPSA) is 129 Å². The van der Waals surface area contributed by atoms with Crippen LogP contribution in [0.5, 0.6) is 5.75 Å². The quantitative estimate of drug-likeness (QED) is 0.121. The van der Waals surface area contributed by atoms with Crippen molar-refractivity contribution in [1.82, 2.24) is 9.66 Å². The number of hydrogen-bond acceptors (Lipinski definition) is 7. The van der Waals surface area contributed by atoms with Crippen LogP contribution in [0.3, 0.4) is 0 Å². The van der Waals surface area contributed by atoms with Crippen LogP contribution in [0.25, 0.3) is 10.9 Å². The Morgan fingerprint density at radius 1 is 1.14 bits per heavy atom. The Labute approximate surface area is 256 Å². The van der Waals surface area contributed by atoms with Gasteiger partial charge < -0.3 is 10.1 Å². The molecule has 0 atom stereocenters. The summed E-state index contributed by atoms with van der Waals surface area (Å²) >= 11 is 6.70. The molecule has 5 rings (SSSR count). The molecule has 216 valence electrons. The van der Waals surface area contributed by atoms with Crippen LogP contribution in [0.1, 0.15) is 49.4 Å². The summed E-state index contributed by atoms with van der Waals surface area (Å²) in [6.45, 7) is -0.525. The van der Waals surface area contributed by atoms with Crippen molar-refractivity contribution in [3.63, 3.8) is 0 Å². The molecular weight excluding hydrogens is 677 g/mol. The molecule has 1 heterocycles. The van der Waals surface area contributed by atoms with E-state index in [1.165, 1.54) is 41.2 Å². The van der Waals surface area contributed by atoms with E-state index in [2.05, 4.69) is 42.3 Å². The smallest absolute Gasteiger partial charge is 0.312 e. The SMILES string of the molecule is O=C(COc1c(Br)cc(C=Nn2c(C3CCCCC3)nc3ccc(Br)cc3c2=O)cc1[N+](=O)[O-])Nc1ccc(F)cc1. The minimum absolute atomic E-state index is 0.0644. The van der Waals surface area contributed by atoms with Crippen LogP contribution in [0.4, 0.5) is 15.8 Å². The summed E-state index contributed by atoms with van der Waals surface area (Å²) < 4.78 is 20.8. The van der Waals surface area contributed by atoms with Crippen molar-refractivity contribution in [3.8, 4) is 5.75 Å². The van der Waals surface area contributed by atoms with Crippen molar-refractivity contribution in [1.29, 1.82) is 0 Å². The Morgan fingerprint density at radius 2 is 1.88 bits per heavy atom. The van der Waals surface area contributed by atoms with Gasteiger partial charge in [-0.25, -0.2) is 9.37 Å². The van der Waals surface area contributed by atoms with Gasteiger partial charge in [-0.2, -0.15) is 9.78 Å². The molecule has 0 bridgehead atoms. The number of nitrogens with one attached hydrogen (secondary N) is 1. The second-order valence-electron chi connectivity index (χ2n) is 9.78. The monoisotopic (exact) mass is 699 g/mol. The number of rotatable bonds is 8. The van der Waals surface area contributed by atoms with E-state index in [0.717, 1.165) is 36.6 Å². The van der Waals surface area contributed by atoms with Gasteiger partial charge >= 0.3 is 5.69 Å². The van der Waals surface area contributed by atoms with Crippen LogP contribution >= 0.6 is 31.9 Å². The van der Waals surface area contributed by atoms with E-state index in [0.29, 0.717) is 28.0 Å². The van der Waals surface area contributed by atoms with Gasteiger partial charge in [-0.15, -0.1) is 0 Å². The van der Waals surface area contributed by atoms with Gasteiger partial charge in [0.05, 0.1) is 26.5 Å². The molecule has 1 N–H and O–H groups in total. The highest BCUT2D eigenvalue weighted by atomic mass is 79.9. The maximum atomic E-state index is 13.6. The minimum Gasteiger partial charge on any atom is -0.476 e. The van der Waals surface area contributed by atoms with E-state index in [9.17, 15) is 24.1 Å². The number of nitro benzene ring substituents is 1. The number of halogens is 3. The third kappa shape index (κ3) is 6.73. The summed E-state index contributed by atoms with van der Waals surface area (Å²) in [5, 5.41) is 19.3. The molecule has 0 spiro atoms. The largest absolute Gasteiger partial charge is 0.476 e. The van der Waals surface area contributed by atoms with Gasteiger partial charge in [0.15, 0.2) is 6.61 Å². The number of nitro groups is 1. The Bertz CT molecular complexity index is 1750. The predicted octanol–water partition coefficient (Wildman–Crippen LogP) is 6.92. The molecule has 10 nitrogen and oxygen atoms in total. The van der Waals surface area contributed by atoms with Gasteiger partial charge in [0.1, 0.15) is 11.6 Å². The van der Waals surface area contributed by atoms with E-state index in [-0.39, 0.29) is 21.7 Å². The van der Waals surface area contributed by atoms with E-state index in [1.807, 2.05) is 6.07 Å². The first-order valence-electron chi connectivity index (χ1n) is 13.1. The van der Waals surface area contributed by atoms with E-state index >= 15 is 0 Å². The number of ether oxygens (including phenoxy) is 1. The maximum Gasteiger partial charge on any atom is 0.312 e. The second kappa shape index (κ2) is 12.9. The van der Waals surface area contributed by atoms with Gasteiger partial charge in [-0.3, -0.25) is 19.7 Å². The van der Waals surface area contributed by atoms with Crippen molar-refractivity contribution in [2.45, 2.75) is 38.0 Å². The molecule has 1 aliphatic carbocycles. The van der Waals surface area contributed by atoms with Crippen LogP contribution in [-0.4, -0.2) is 33.3 Å². The number of anilines is 1. The second-order valence-corrected chi connectivity index (χ2v) is 11.5. The first-order chi connectivity index (χ1) is 20.2. The zero-order valence-electron chi connectivity index (χ0n) is 22.1. The normalized spacial score (nSPS) is 13.9. The molecule has 0 aliphatic heterocycles. The average molecular weight is 701 g/mol. The Balaban J connectivity index is 1.44. The Kier molecular flexibility index (Phi) is 9.07. The number of amides is 1.